The van der Waals surface area contributed by atoms with Gasteiger partial charge in [-0.1, -0.05) is 31.9 Å². The predicted molar refractivity (Wildman–Crippen MR) is 88.3 cm³/mol. The van der Waals surface area contributed by atoms with Crippen LogP contribution in [0.5, 0.6) is 0 Å². The van der Waals surface area contributed by atoms with Crippen LogP contribution in [0.15, 0.2) is 23.8 Å². The van der Waals surface area contributed by atoms with Crippen LogP contribution in [0.25, 0.3) is 0 Å². The van der Waals surface area contributed by atoms with Crippen LogP contribution in [-0.2, 0) is 14.3 Å². The molecule has 0 bridgehead atoms. The molecule has 0 amide bonds. The van der Waals surface area contributed by atoms with Gasteiger partial charge in [0.25, 0.3) is 0 Å². The van der Waals surface area contributed by atoms with Crippen molar-refractivity contribution in [1.29, 1.82) is 0 Å². The molecule has 3 nitrogen and oxygen atoms in total. The molecule has 0 rings (SSSR count). The molecule has 3 heteroatoms. The summed E-state index contributed by atoms with van der Waals surface area (Å²) < 4.78 is 10.3. The minimum absolute atomic E-state index is 0.00977. The first-order chi connectivity index (χ1) is 9.80. The fourth-order valence-electron chi connectivity index (χ4n) is 2.24. The van der Waals surface area contributed by atoms with Crippen molar-refractivity contribution in [3.8, 4) is 0 Å². The third-order valence-electron chi connectivity index (χ3n) is 3.48. The van der Waals surface area contributed by atoms with Gasteiger partial charge in [0.1, 0.15) is 0 Å². The van der Waals surface area contributed by atoms with Crippen molar-refractivity contribution in [3.63, 3.8) is 0 Å². The van der Waals surface area contributed by atoms with Crippen LogP contribution < -0.4 is 0 Å². The number of allylic oxidation sites excluding steroid dienone is 3. The summed E-state index contributed by atoms with van der Waals surface area (Å²) in [4.78, 5) is 11.1. The molecule has 0 saturated carbocycles. The lowest BCUT2D eigenvalue weighted by Crippen LogP contribution is -2.24. The Bertz CT molecular complexity index is 353. The van der Waals surface area contributed by atoms with Crippen molar-refractivity contribution in [2.24, 2.45) is 5.92 Å². The van der Waals surface area contributed by atoms with E-state index in [0.29, 0.717) is 5.92 Å². The highest BCUT2D eigenvalue weighted by molar-refractivity contribution is 5.83. The summed E-state index contributed by atoms with van der Waals surface area (Å²) in [6.07, 6.45) is 10.1. The van der Waals surface area contributed by atoms with E-state index in [0.717, 1.165) is 25.0 Å². The summed E-state index contributed by atoms with van der Waals surface area (Å²) in [5, 5.41) is 0. The summed E-state index contributed by atoms with van der Waals surface area (Å²) in [6, 6.07) is 0. The van der Waals surface area contributed by atoms with Crippen molar-refractivity contribution in [1.82, 2.24) is 0 Å². The van der Waals surface area contributed by atoms with Crippen molar-refractivity contribution in [3.05, 3.63) is 23.8 Å². The summed E-state index contributed by atoms with van der Waals surface area (Å²) in [6.45, 7) is 11.3. The van der Waals surface area contributed by atoms with Gasteiger partial charge in [-0.05, 0) is 52.0 Å². The number of methoxy groups -OCH3 is 1. The first-order valence-electron chi connectivity index (χ1n) is 7.87. The number of hydrogen-bond acceptors (Lipinski definition) is 3. The van der Waals surface area contributed by atoms with Gasteiger partial charge < -0.3 is 9.47 Å². The molecule has 1 unspecified atom stereocenters. The molecule has 0 aromatic heterocycles. The highest BCUT2D eigenvalue weighted by Gasteiger charge is 2.17. The molecule has 0 spiro atoms. The summed E-state index contributed by atoms with van der Waals surface area (Å²) in [7, 11) is 1.39. The maximum atomic E-state index is 11.1. The lowest BCUT2D eigenvalue weighted by Gasteiger charge is -2.25. The second kappa shape index (κ2) is 10.6. The molecule has 0 aromatic carbocycles. The molecule has 122 valence electrons. The van der Waals surface area contributed by atoms with Crippen molar-refractivity contribution >= 4 is 5.97 Å². The van der Waals surface area contributed by atoms with Crippen LogP contribution in [0.1, 0.15) is 60.3 Å². The Kier molecular flexibility index (Phi) is 10.1. The molecule has 0 fully saturated rings. The lowest BCUT2D eigenvalue weighted by atomic mass is 9.94. The Morgan fingerprint density at radius 3 is 2.57 bits per heavy atom. The summed E-state index contributed by atoms with van der Waals surface area (Å²) in [5.41, 5.74) is 0.913. The number of esters is 1. The van der Waals surface area contributed by atoms with E-state index in [1.807, 2.05) is 19.9 Å². The molecule has 0 heterocycles. The van der Waals surface area contributed by atoms with E-state index < -0.39 is 0 Å². The Labute approximate surface area is 130 Å². The van der Waals surface area contributed by atoms with Gasteiger partial charge in [-0.15, -0.1) is 0 Å². The Balaban J connectivity index is 3.98. The number of rotatable bonds is 10. The van der Waals surface area contributed by atoms with Crippen molar-refractivity contribution in [2.45, 2.75) is 65.9 Å². The molecule has 0 radical (unpaired) electrons. The summed E-state index contributed by atoms with van der Waals surface area (Å²) in [5.74, 6) is 0.341. The van der Waals surface area contributed by atoms with Crippen LogP contribution in [0.4, 0.5) is 0 Å². The van der Waals surface area contributed by atoms with Crippen LogP contribution in [0, 0.1) is 5.92 Å². The average Bonchev–Trinajstić information content (AvgIpc) is 2.38. The van der Waals surface area contributed by atoms with E-state index in [2.05, 4.69) is 31.6 Å². The van der Waals surface area contributed by atoms with E-state index in [9.17, 15) is 4.79 Å². The van der Waals surface area contributed by atoms with Crippen LogP contribution in [-0.4, -0.2) is 25.3 Å². The molecule has 0 aliphatic rings. The molecule has 0 N–H and O–H groups in total. The third-order valence-corrected chi connectivity index (χ3v) is 3.48. The highest BCUT2D eigenvalue weighted by Crippen LogP contribution is 2.21. The van der Waals surface area contributed by atoms with Crippen LogP contribution >= 0.6 is 0 Å². The Hall–Kier alpha value is -1.09. The first-order valence-corrected chi connectivity index (χ1v) is 7.87. The van der Waals surface area contributed by atoms with E-state index in [1.54, 1.807) is 0 Å². The van der Waals surface area contributed by atoms with Gasteiger partial charge in [0, 0.05) is 12.7 Å². The number of hydrogen-bond donors (Lipinski definition) is 0. The molecule has 0 aromatic rings. The van der Waals surface area contributed by atoms with Crippen molar-refractivity contribution < 1.29 is 14.3 Å². The molecule has 1 atom stereocenters. The lowest BCUT2D eigenvalue weighted by molar-refractivity contribution is -0.134. The van der Waals surface area contributed by atoms with Gasteiger partial charge >= 0.3 is 5.97 Å². The second-order valence-corrected chi connectivity index (χ2v) is 6.24. The minimum Gasteiger partial charge on any atom is -0.466 e. The third kappa shape index (κ3) is 11.3. The highest BCUT2D eigenvalue weighted by atomic mass is 16.5. The smallest absolute Gasteiger partial charge is 0.330 e. The maximum Gasteiger partial charge on any atom is 0.330 e. The Morgan fingerprint density at radius 1 is 1.33 bits per heavy atom. The minimum atomic E-state index is -0.302. The Morgan fingerprint density at radius 2 is 2.00 bits per heavy atom. The fourth-order valence-corrected chi connectivity index (χ4v) is 2.24. The van der Waals surface area contributed by atoms with Gasteiger partial charge in [0.05, 0.1) is 12.7 Å². The number of carbonyl (C=O) groups is 1. The fraction of sp³-hybridized carbons (Fsp3) is 0.722. The van der Waals surface area contributed by atoms with Crippen LogP contribution in [0.3, 0.4) is 0 Å². The van der Waals surface area contributed by atoms with Crippen LogP contribution in [0.2, 0.25) is 0 Å². The topological polar surface area (TPSA) is 35.5 Å². The zero-order valence-electron chi connectivity index (χ0n) is 14.6. The molecular weight excluding hydrogens is 264 g/mol. The first kappa shape index (κ1) is 19.9. The quantitative estimate of drug-likeness (QED) is 0.334. The SMILES string of the molecule is CCOC(C)(C)CCCC(C)C/C=C/C(C)=C/C(=O)OC. The normalized spacial score (nSPS) is 14.5. The van der Waals surface area contributed by atoms with Gasteiger partial charge in [0.2, 0.25) is 0 Å². The predicted octanol–water partition coefficient (Wildman–Crippen LogP) is 4.67. The standard InChI is InChI=1S/C18H32O3/c1-7-21-18(4,5)13-9-12-15(2)10-8-11-16(3)14-17(19)20-6/h8,11,14-15H,7,9-10,12-13H2,1-6H3/b11-8+,16-14+. The van der Waals surface area contributed by atoms with Gasteiger partial charge in [-0.3, -0.25) is 0 Å². The van der Waals surface area contributed by atoms with Gasteiger partial charge in [0.15, 0.2) is 0 Å². The zero-order valence-corrected chi connectivity index (χ0v) is 14.6. The van der Waals surface area contributed by atoms with E-state index in [4.69, 9.17) is 4.74 Å². The zero-order chi connectivity index (χ0) is 16.3. The second-order valence-electron chi connectivity index (χ2n) is 6.24. The van der Waals surface area contributed by atoms with Gasteiger partial charge in [-0.25, -0.2) is 4.79 Å². The number of ether oxygens (including phenoxy) is 2. The van der Waals surface area contributed by atoms with Gasteiger partial charge in [-0.2, -0.15) is 0 Å². The summed E-state index contributed by atoms with van der Waals surface area (Å²) >= 11 is 0. The molecule has 0 aliphatic heterocycles. The monoisotopic (exact) mass is 296 g/mol. The average molecular weight is 296 g/mol. The van der Waals surface area contributed by atoms with E-state index in [1.165, 1.54) is 26.0 Å². The maximum absolute atomic E-state index is 11.1. The molecular formula is C18H32O3. The van der Waals surface area contributed by atoms with E-state index in [-0.39, 0.29) is 11.6 Å². The molecule has 0 aliphatic carbocycles. The van der Waals surface area contributed by atoms with Crippen molar-refractivity contribution in [2.75, 3.05) is 13.7 Å². The molecule has 0 saturated heterocycles. The largest absolute Gasteiger partial charge is 0.466 e. The van der Waals surface area contributed by atoms with E-state index >= 15 is 0 Å². The molecule has 21 heavy (non-hydrogen) atoms. The number of carbonyl (C=O) groups excluding carboxylic acids is 1.